The molecule has 128 valence electrons. The lowest BCUT2D eigenvalue weighted by atomic mass is 10.1. The molecule has 0 aliphatic carbocycles. The van der Waals surface area contributed by atoms with Crippen molar-refractivity contribution in [3.8, 4) is 0 Å². The van der Waals surface area contributed by atoms with Gasteiger partial charge in [0.1, 0.15) is 17.5 Å². The number of carboxylic acid groups (broad SMARTS) is 1. The molecule has 1 aromatic rings. The van der Waals surface area contributed by atoms with Crippen LogP contribution in [-0.2, 0) is 15.0 Å². The number of benzene rings is 1. The Kier molecular flexibility index (Phi) is 4.85. The van der Waals surface area contributed by atoms with Crippen molar-refractivity contribution in [3.63, 3.8) is 0 Å². The molecule has 0 bridgehead atoms. The van der Waals surface area contributed by atoms with Gasteiger partial charge in [0.15, 0.2) is 11.6 Å². The Balaban J connectivity index is 2.44. The third-order valence-electron chi connectivity index (χ3n) is 3.68. The molecule has 10 heteroatoms. The average molecular weight is 352 g/mol. The second-order valence-electron chi connectivity index (χ2n) is 5.15. The lowest BCUT2D eigenvalue weighted by Crippen LogP contribution is -2.52. The molecule has 1 aliphatic rings. The predicted octanol–water partition coefficient (Wildman–Crippen LogP) is 1.72. The lowest BCUT2D eigenvalue weighted by molar-refractivity contribution is -0.142. The molecule has 0 spiro atoms. The van der Waals surface area contributed by atoms with Crippen LogP contribution in [0.3, 0.4) is 0 Å². The fourth-order valence-electron chi connectivity index (χ4n) is 2.54. The number of anilines is 1. The summed E-state index contributed by atoms with van der Waals surface area (Å²) < 4.78 is 66.6. The smallest absolute Gasteiger partial charge is 0.322 e. The summed E-state index contributed by atoms with van der Waals surface area (Å²) in [6.07, 6.45) is 1.08. The summed E-state index contributed by atoms with van der Waals surface area (Å²) in [5, 5.41) is 9.15. The van der Waals surface area contributed by atoms with Gasteiger partial charge in [-0.1, -0.05) is 0 Å². The summed E-state index contributed by atoms with van der Waals surface area (Å²) >= 11 is 0. The maximum absolute atomic E-state index is 13.8. The van der Waals surface area contributed by atoms with Crippen molar-refractivity contribution in [2.75, 3.05) is 17.9 Å². The molecule has 0 radical (unpaired) electrons. The molecule has 0 aromatic heterocycles. The highest BCUT2D eigenvalue weighted by Gasteiger charge is 2.40. The van der Waals surface area contributed by atoms with E-state index in [4.69, 9.17) is 5.11 Å². The summed E-state index contributed by atoms with van der Waals surface area (Å²) in [6.45, 7) is -0.0753. The number of halogens is 3. The van der Waals surface area contributed by atoms with E-state index in [1.165, 1.54) is 0 Å². The number of hydrogen-bond donors (Lipinski definition) is 1. The van der Waals surface area contributed by atoms with Gasteiger partial charge in [-0.3, -0.25) is 9.10 Å². The average Bonchev–Trinajstić information content (AvgIpc) is 2.45. The molecule has 6 nitrogen and oxygen atoms in total. The zero-order valence-electron chi connectivity index (χ0n) is 12.2. The topological polar surface area (TPSA) is 77.9 Å². The van der Waals surface area contributed by atoms with Crippen LogP contribution in [0.5, 0.6) is 0 Å². The molecule has 0 unspecified atom stereocenters. The van der Waals surface area contributed by atoms with Crippen molar-refractivity contribution >= 4 is 21.9 Å². The normalized spacial score (nSPS) is 19.6. The monoisotopic (exact) mass is 352 g/mol. The van der Waals surface area contributed by atoms with Crippen LogP contribution in [-0.4, -0.2) is 43.4 Å². The van der Waals surface area contributed by atoms with Gasteiger partial charge in [0.05, 0.1) is 0 Å². The molecule has 1 fully saturated rings. The van der Waals surface area contributed by atoms with Gasteiger partial charge in [-0.2, -0.15) is 12.7 Å². The SMILES string of the molecule is CN(c1c(F)cc(F)cc1F)S(=O)(=O)N1CCCC[C@@H]1C(=O)O. The number of carbonyl (C=O) groups is 1. The fraction of sp³-hybridized carbons (Fsp3) is 0.462. The predicted molar refractivity (Wildman–Crippen MR) is 75.6 cm³/mol. The van der Waals surface area contributed by atoms with Gasteiger partial charge in [0.25, 0.3) is 0 Å². The summed E-state index contributed by atoms with van der Waals surface area (Å²) in [5.41, 5.74) is -0.957. The van der Waals surface area contributed by atoms with E-state index in [9.17, 15) is 26.4 Å². The fourth-order valence-corrected chi connectivity index (χ4v) is 4.13. The molecule has 1 N–H and O–H groups in total. The summed E-state index contributed by atoms with van der Waals surface area (Å²) in [6, 6.07) is -0.590. The van der Waals surface area contributed by atoms with Crippen molar-refractivity contribution in [1.29, 1.82) is 0 Å². The molecule has 1 saturated heterocycles. The lowest BCUT2D eigenvalue weighted by Gasteiger charge is -2.35. The Morgan fingerprint density at radius 1 is 1.26 bits per heavy atom. The maximum Gasteiger partial charge on any atom is 0.322 e. The van der Waals surface area contributed by atoms with Crippen LogP contribution in [0.4, 0.5) is 18.9 Å². The van der Waals surface area contributed by atoms with Gasteiger partial charge in [-0.15, -0.1) is 0 Å². The van der Waals surface area contributed by atoms with Crippen LogP contribution in [0.2, 0.25) is 0 Å². The zero-order valence-corrected chi connectivity index (χ0v) is 13.0. The number of aliphatic carboxylic acids is 1. The van der Waals surface area contributed by atoms with Gasteiger partial charge in [0.2, 0.25) is 0 Å². The first-order chi connectivity index (χ1) is 10.7. The van der Waals surface area contributed by atoms with Gasteiger partial charge in [-0.25, -0.2) is 13.2 Å². The van der Waals surface area contributed by atoms with Crippen molar-refractivity contribution in [3.05, 3.63) is 29.6 Å². The van der Waals surface area contributed by atoms with E-state index < -0.39 is 45.4 Å². The van der Waals surface area contributed by atoms with Crippen molar-refractivity contribution in [1.82, 2.24) is 4.31 Å². The molecule has 1 heterocycles. The number of nitrogens with zero attached hydrogens (tertiary/aromatic N) is 2. The molecule has 1 aliphatic heterocycles. The molecule has 1 aromatic carbocycles. The molecule has 2 rings (SSSR count). The Morgan fingerprint density at radius 2 is 1.83 bits per heavy atom. The second kappa shape index (κ2) is 6.36. The van der Waals surface area contributed by atoms with Crippen molar-refractivity contribution < 1.29 is 31.5 Å². The summed E-state index contributed by atoms with van der Waals surface area (Å²) in [4.78, 5) is 11.2. The molecule has 1 atom stereocenters. The highest BCUT2D eigenvalue weighted by molar-refractivity contribution is 7.90. The second-order valence-corrected chi connectivity index (χ2v) is 7.07. The third-order valence-corrected chi connectivity index (χ3v) is 5.58. The quantitative estimate of drug-likeness (QED) is 0.895. The van der Waals surface area contributed by atoms with Crippen LogP contribution < -0.4 is 4.31 Å². The van der Waals surface area contributed by atoms with Crippen molar-refractivity contribution in [2.45, 2.75) is 25.3 Å². The Hall–Kier alpha value is -1.81. The zero-order chi connectivity index (χ0) is 17.4. The minimum Gasteiger partial charge on any atom is -0.480 e. The van der Waals surface area contributed by atoms with Crippen LogP contribution >= 0.6 is 0 Å². The number of rotatable bonds is 4. The molecule has 0 saturated carbocycles. The number of piperidine rings is 1. The van der Waals surface area contributed by atoms with E-state index >= 15 is 0 Å². The molecular weight excluding hydrogens is 337 g/mol. The van der Waals surface area contributed by atoms with E-state index in [1.54, 1.807) is 0 Å². The van der Waals surface area contributed by atoms with E-state index in [1.807, 2.05) is 0 Å². The summed E-state index contributed by atoms with van der Waals surface area (Å²) in [5.74, 6) is -5.30. The standard InChI is InChI=1S/C13H15F3N2O4S/c1-17(12-9(15)6-8(14)7-10(12)16)23(21,22)18-5-3-2-4-11(18)13(19)20/h6-7,11H,2-5H2,1H3,(H,19,20)/t11-/m1/s1. The Labute approximate surface area is 131 Å². The molecular formula is C13H15F3N2O4S. The van der Waals surface area contributed by atoms with Crippen LogP contribution in [0.1, 0.15) is 19.3 Å². The van der Waals surface area contributed by atoms with Gasteiger partial charge >= 0.3 is 16.2 Å². The van der Waals surface area contributed by atoms with E-state index in [0.717, 1.165) is 7.05 Å². The molecule has 0 amide bonds. The highest BCUT2D eigenvalue weighted by atomic mass is 32.2. The molecule has 23 heavy (non-hydrogen) atoms. The van der Waals surface area contributed by atoms with E-state index in [2.05, 4.69) is 0 Å². The number of carboxylic acids is 1. The van der Waals surface area contributed by atoms with Gasteiger partial charge < -0.3 is 5.11 Å². The highest BCUT2D eigenvalue weighted by Crippen LogP contribution is 2.29. The Morgan fingerprint density at radius 3 is 2.35 bits per heavy atom. The van der Waals surface area contributed by atoms with E-state index in [-0.39, 0.29) is 13.0 Å². The maximum atomic E-state index is 13.8. The first kappa shape index (κ1) is 17.5. The minimum absolute atomic E-state index is 0.0753. The van der Waals surface area contributed by atoms with Crippen molar-refractivity contribution in [2.24, 2.45) is 0 Å². The van der Waals surface area contributed by atoms with E-state index in [0.29, 0.717) is 33.6 Å². The summed E-state index contributed by atoms with van der Waals surface area (Å²) in [7, 11) is -3.59. The Bertz CT molecular complexity index is 703. The van der Waals surface area contributed by atoms with Gasteiger partial charge in [0, 0.05) is 25.7 Å². The van der Waals surface area contributed by atoms with Crippen LogP contribution in [0, 0.1) is 17.5 Å². The first-order valence-electron chi connectivity index (χ1n) is 6.79. The van der Waals surface area contributed by atoms with Crippen LogP contribution in [0.25, 0.3) is 0 Å². The third kappa shape index (κ3) is 3.27. The van der Waals surface area contributed by atoms with Crippen LogP contribution in [0.15, 0.2) is 12.1 Å². The minimum atomic E-state index is -4.48. The first-order valence-corrected chi connectivity index (χ1v) is 8.19. The van der Waals surface area contributed by atoms with Gasteiger partial charge in [-0.05, 0) is 19.3 Å². The largest absolute Gasteiger partial charge is 0.480 e. The number of hydrogen-bond acceptors (Lipinski definition) is 3.